The maximum atomic E-state index is 14.3. The van der Waals surface area contributed by atoms with Crippen LogP contribution in [-0.4, -0.2) is 102 Å². The Morgan fingerprint density at radius 1 is 1.19 bits per heavy atom. The number of fused-ring (bicyclic) bond motifs is 1. The lowest BCUT2D eigenvalue weighted by Gasteiger charge is -2.37. The number of aliphatic hydroxyl groups is 1. The number of likely N-dealkylation sites (tertiary alicyclic amines) is 1. The predicted molar refractivity (Wildman–Crippen MR) is 176 cm³/mol. The summed E-state index contributed by atoms with van der Waals surface area (Å²) < 4.78 is 18.3. The molecule has 3 aliphatic heterocycles. The van der Waals surface area contributed by atoms with Crippen molar-refractivity contribution in [3.63, 3.8) is 0 Å². The number of esters is 1. The summed E-state index contributed by atoms with van der Waals surface area (Å²) >= 11 is 0. The first-order chi connectivity index (χ1) is 22.8. The molecule has 0 saturated carbocycles. The number of nitrogens with one attached hydrogen (secondary N) is 1. The zero-order valence-electron chi connectivity index (χ0n) is 27.8. The minimum absolute atomic E-state index is 0.0756. The molecule has 0 unspecified atom stereocenters. The third-order valence-electron chi connectivity index (χ3n) is 9.56. The van der Waals surface area contributed by atoms with Gasteiger partial charge < -0.3 is 34.4 Å². The van der Waals surface area contributed by atoms with Crippen LogP contribution in [0.3, 0.4) is 0 Å². The third-order valence-corrected chi connectivity index (χ3v) is 9.56. The summed E-state index contributed by atoms with van der Waals surface area (Å²) in [5.41, 5.74) is -0.525. The molecule has 3 fully saturated rings. The molecule has 11 nitrogen and oxygen atoms in total. The molecule has 3 saturated heterocycles. The molecule has 3 amide bonds. The lowest BCUT2D eigenvalue weighted by atomic mass is 9.70. The molecule has 7 atom stereocenters. The van der Waals surface area contributed by atoms with Gasteiger partial charge in [0.1, 0.15) is 17.7 Å². The quantitative estimate of drug-likeness (QED) is 0.124. The van der Waals surface area contributed by atoms with Gasteiger partial charge in [0.15, 0.2) is 0 Å². The van der Waals surface area contributed by atoms with Gasteiger partial charge in [0.25, 0.3) is 0 Å². The maximum absolute atomic E-state index is 14.3. The Kier molecular flexibility index (Phi) is 13.2. The van der Waals surface area contributed by atoms with Crippen molar-refractivity contribution in [1.29, 1.82) is 0 Å². The van der Waals surface area contributed by atoms with E-state index >= 15 is 0 Å². The van der Waals surface area contributed by atoms with Gasteiger partial charge in [-0.1, -0.05) is 62.2 Å². The maximum Gasteiger partial charge on any atom is 0.313 e. The molecule has 11 heteroatoms. The van der Waals surface area contributed by atoms with E-state index in [4.69, 9.17) is 14.2 Å². The average molecular weight is 654 g/mol. The van der Waals surface area contributed by atoms with Crippen LogP contribution in [-0.2, 0) is 33.4 Å². The number of nitrogens with zero attached hydrogens (tertiary/aromatic N) is 2. The highest BCUT2D eigenvalue weighted by Crippen LogP contribution is 2.59. The molecule has 4 rings (SSSR count). The van der Waals surface area contributed by atoms with Crippen molar-refractivity contribution in [2.75, 3.05) is 40.0 Å². The van der Waals surface area contributed by atoms with Gasteiger partial charge in [0.05, 0.1) is 30.6 Å². The number of carbonyl (C=O) groups excluding carboxylic acids is 4. The average Bonchev–Trinajstić information content (AvgIpc) is 3.72. The van der Waals surface area contributed by atoms with Crippen molar-refractivity contribution in [1.82, 2.24) is 15.1 Å². The summed E-state index contributed by atoms with van der Waals surface area (Å²) in [5, 5.41) is 12.6. The van der Waals surface area contributed by atoms with Crippen molar-refractivity contribution in [3.05, 3.63) is 61.2 Å². The van der Waals surface area contributed by atoms with Crippen LogP contribution in [0.4, 0.5) is 0 Å². The summed E-state index contributed by atoms with van der Waals surface area (Å²) in [4.78, 5) is 58.9. The number of allylic oxidation sites excluding steroid dienone is 1. The number of hydrogen-bond acceptors (Lipinski definition) is 8. The summed E-state index contributed by atoms with van der Waals surface area (Å²) in [6.07, 6.45) is 6.54. The highest BCUT2D eigenvalue weighted by atomic mass is 16.6. The fourth-order valence-corrected chi connectivity index (χ4v) is 7.48. The van der Waals surface area contributed by atoms with E-state index in [1.54, 1.807) is 17.1 Å². The Balaban J connectivity index is 1.66. The lowest BCUT2D eigenvalue weighted by Crippen LogP contribution is -2.56. The zero-order valence-corrected chi connectivity index (χ0v) is 27.8. The van der Waals surface area contributed by atoms with E-state index in [1.165, 1.54) is 12.0 Å². The van der Waals surface area contributed by atoms with E-state index in [9.17, 15) is 24.3 Å². The number of rotatable bonds is 20. The second kappa shape index (κ2) is 17.0. The van der Waals surface area contributed by atoms with Crippen molar-refractivity contribution < 1.29 is 38.5 Å². The van der Waals surface area contributed by atoms with Crippen molar-refractivity contribution in [2.45, 2.75) is 88.2 Å². The number of carbonyl (C=O) groups is 4. The summed E-state index contributed by atoms with van der Waals surface area (Å²) in [6, 6.07) is 7.48. The van der Waals surface area contributed by atoms with E-state index in [2.05, 4.69) is 25.4 Å². The zero-order chi connectivity index (χ0) is 34.0. The highest BCUT2D eigenvalue weighted by Gasteiger charge is 2.75. The molecule has 1 aromatic rings. The van der Waals surface area contributed by atoms with Gasteiger partial charge in [-0.15, -0.1) is 13.2 Å². The minimum atomic E-state index is -1.19. The van der Waals surface area contributed by atoms with Crippen LogP contribution in [0.25, 0.3) is 0 Å². The first-order valence-corrected chi connectivity index (χ1v) is 16.9. The molecule has 0 aromatic heterocycles. The van der Waals surface area contributed by atoms with Gasteiger partial charge in [-0.3, -0.25) is 19.2 Å². The van der Waals surface area contributed by atoms with Gasteiger partial charge in [-0.2, -0.15) is 0 Å². The smallest absolute Gasteiger partial charge is 0.313 e. The van der Waals surface area contributed by atoms with Crippen molar-refractivity contribution in [2.24, 2.45) is 11.8 Å². The molecule has 47 heavy (non-hydrogen) atoms. The van der Waals surface area contributed by atoms with Gasteiger partial charge in [-0.05, 0) is 37.7 Å². The van der Waals surface area contributed by atoms with Crippen LogP contribution < -0.4 is 5.32 Å². The van der Waals surface area contributed by atoms with Gasteiger partial charge in [0.2, 0.25) is 17.7 Å². The largest absolute Gasteiger partial charge is 0.455 e. The van der Waals surface area contributed by atoms with Crippen molar-refractivity contribution in [3.8, 4) is 0 Å². The summed E-state index contributed by atoms with van der Waals surface area (Å²) in [6.45, 7) is 10.6. The molecule has 258 valence electrons. The molecule has 0 radical (unpaired) electrons. The standard InChI is InChI=1S/C36H51N3O8/c1-5-8-13-21-38(20-7-3)34(43)32-36-19-18-27(47-36)29(30(36)33(42)39(32)22-14-23-40)35(44)46-31(25-15-11-10-12-16-25)26(24-45-4)37-28(41)17-9-6-2/h6-7,10-12,15-16,26-27,29-32,40H,2-3,5,8-9,13-14,17-24H2,1,4H3,(H,37,41)/t26-,27-,29+,30+,31-,32-,36+/m0/s1. The number of ether oxygens (including phenoxy) is 3. The Bertz CT molecular complexity index is 1260. The molecule has 3 heterocycles. The van der Waals surface area contributed by atoms with Crippen LogP contribution in [0.2, 0.25) is 0 Å². The topological polar surface area (TPSA) is 135 Å². The van der Waals surface area contributed by atoms with E-state index in [0.717, 1.165) is 19.3 Å². The Morgan fingerprint density at radius 3 is 2.62 bits per heavy atom. The van der Waals surface area contributed by atoms with E-state index in [-0.39, 0.29) is 50.3 Å². The highest BCUT2D eigenvalue weighted by molar-refractivity contribution is 5.98. The first kappa shape index (κ1) is 36.3. The number of hydrogen-bond donors (Lipinski definition) is 2. The SMILES string of the molecule is C=CCCC(=O)N[C@@H](COC)[C@@H](OC(=O)[C@@H]1[C@@H]2CC[C@]3(O2)[C@H](C(=O)N(CC=C)CCCCC)N(CCCO)C(=O)[C@@H]13)c1ccccc1. The molecule has 2 bridgehead atoms. The number of aliphatic hydroxyl groups excluding tert-OH is 1. The Morgan fingerprint density at radius 2 is 1.96 bits per heavy atom. The van der Waals surface area contributed by atoms with Crippen molar-refractivity contribution >= 4 is 23.7 Å². The predicted octanol–water partition coefficient (Wildman–Crippen LogP) is 3.33. The molecular formula is C36H51N3O8. The lowest BCUT2D eigenvalue weighted by molar-refractivity contribution is -0.163. The van der Waals surface area contributed by atoms with Crippen LogP contribution in [0.1, 0.15) is 70.0 Å². The molecule has 1 aromatic carbocycles. The summed E-state index contributed by atoms with van der Waals surface area (Å²) in [5.74, 6) is -3.27. The Labute approximate surface area is 278 Å². The van der Waals surface area contributed by atoms with Gasteiger partial charge in [0, 0.05) is 39.8 Å². The number of amides is 3. The molecule has 0 aliphatic carbocycles. The molecule has 1 spiro atoms. The minimum Gasteiger partial charge on any atom is -0.455 e. The normalized spacial score (nSPS) is 25.6. The Hall–Kier alpha value is -3.54. The van der Waals surface area contributed by atoms with E-state index in [1.807, 2.05) is 30.3 Å². The molecule has 2 N–H and O–H groups in total. The third kappa shape index (κ3) is 7.79. The van der Waals surface area contributed by atoms with Gasteiger partial charge in [-0.25, -0.2) is 0 Å². The second-order valence-electron chi connectivity index (χ2n) is 12.7. The van der Waals surface area contributed by atoms with Crippen LogP contribution in [0.15, 0.2) is 55.6 Å². The molecule has 3 aliphatic rings. The fraction of sp³-hybridized carbons (Fsp3) is 0.611. The molecular weight excluding hydrogens is 602 g/mol. The van der Waals surface area contributed by atoms with E-state index in [0.29, 0.717) is 37.9 Å². The fourth-order valence-electron chi connectivity index (χ4n) is 7.48. The second-order valence-corrected chi connectivity index (χ2v) is 12.7. The van der Waals surface area contributed by atoms with Crippen LogP contribution >= 0.6 is 0 Å². The summed E-state index contributed by atoms with van der Waals surface area (Å²) in [7, 11) is 1.51. The van der Waals surface area contributed by atoms with Gasteiger partial charge >= 0.3 is 5.97 Å². The monoisotopic (exact) mass is 653 g/mol. The van der Waals surface area contributed by atoms with E-state index < -0.39 is 47.7 Å². The number of unbranched alkanes of at least 4 members (excludes halogenated alkanes) is 2. The van der Waals surface area contributed by atoms with Crippen LogP contribution in [0, 0.1) is 11.8 Å². The first-order valence-electron chi connectivity index (χ1n) is 16.9. The van der Waals surface area contributed by atoms with Crippen LogP contribution in [0.5, 0.6) is 0 Å². The number of methoxy groups -OCH3 is 1. The number of benzene rings is 1.